The van der Waals surface area contributed by atoms with E-state index in [0.29, 0.717) is 21.3 Å². The van der Waals surface area contributed by atoms with E-state index in [0.717, 1.165) is 28.8 Å². The van der Waals surface area contributed by atoms with Gasteiger partial charge in [-0.2, -0.15) is 0 Å². The molecule has 3 aromatic carbocycles. The van der Waals surface area contributed by atoms with Crippen molar-refractivity contribution in [3.05, 3.63) is 130 Å². The van der Waals surface area contributed by atoms with Crippen LogP contribution >= 0.6 is 11.3 Å². The number of hydrogen-bond donors (Lipinski definition) is 1. The van der Waals surface area contributed by atoms with Gasteiger partial charge in [0.05, 0.1) is 21.2 Å². The number of rotatable bonds is 3. The molecule has 0 fully saturated rings. The normalized spacial score (nSPS) is 16.7. The molecule has 7 nitrogen and oxygen atoms in total. The largest absolute Gasteiger partial charge is 0.502 e. The van der Waals surface area contributed by atoms with Crippen molar-refractivity contribution in [3.8, 4) is 5.75 Å². The van der Waals surface area contributed by atoms with E-state index in [1.807, 2.05) is 18.2 Å². The SMILES string of the molecule is O=c1c(=Cc2ccc(O)c([N+](=O)[O-])c2)sc2n1C(c1ccc(F)cc1)C1=C(N=2)c2ccccc2CC1. The number of aromatic hydroxyl groups is 1. The van der Waals surface area contributed by atoms with Crippen molar-refractivity contribution >= 4 is 28.8 Å². The average Bonchev–Trinajstić information content (AvgIpc) is 3.18. The molecule has 0 spiro atoms. The van der Waals surface area contributed by atoms with Crippen molar-refractivity contribution in [1.82, 2.24) is 4.57 Å². The molecule has 178 valence electrons. The van der Waals surface area contributed by atoms with E-state index in [1.165, 1.54) is 47.2 Å². The Kier molecular flexibility index (Phi) is 5.15. The highest BCUT2D eigenvalue weighted by molar-refractivity contribution is 7.07. The molecule has 0 amide bonds. The Bertz CT molecular complexity index is 1770. The maximum Gasteiger partial charge on any atom is 0.311 e. The summed E-state index contributed by atoms with van der Waals surface area (Å²) in [5.41, 5.74) is 4.52. The monoisotopic (exact) mass is 499 g/mol. The van der Waals surface area contributed by atoms with E-state index in [9.17, 15) is 24.4 Å². The van der Waals surface area contributed by atoms with E-state index in [1.54, 1.807) is 22.8 Å². The van der Waals surface area contributed by atoms with Crippen LogP contribution in [0.5, 0.6) is 5.75 Å². The average molecular weight is 500 g/mol. The minimum absolute atomic E-state index is 0.283. The number of nitrogens with zero attached hydrogens (tertiary/aromatic N) is 3. The van der Waals surface area contributed by atoms with Crippen molar-refractivity contribution in [2.75, 3.05) is 0 Å². The molecule has 0 radical (unpaired) electrons. The minimum Gasteiger partial charge on any atom is -0.502 e. The van der Waals surface area contributed by atoms with E-state index < -0.39 is 22.4 Å². The fraction of sp³-hybridized carbons (Fsp3) is 0.111. The summed E-state index contributed by atoms with van der Waals surface area (Å²) >= 11 is 1.19. The van der Waals surface area contributed by atoms with Crippen LogP contribution in [-0.2, 0) is 6.42 Å². The molecule has 4 aromatic rings. The number of aromatic nitrogens is 1. The summed E-state index contributed by atoms with van der Waals surface area (Å²) in [6, 6.07) is 17.8. The lowest BCUT2D eigenvalue weighted by atomic mass is 9.83. The Morgan fingerprint density at radius 3 is 2.67 bits per heavy atom. The van der Waals surface area contributed by atoms with Crippen LogP contribution in [0, 0.1) is 15.9 Å². The molecular weight excluding hydrogens is 481 g/mol. The van der Waals surface area contributed by atoms with Gasteiger partial charge in [-0.3, -0.25) is 19.5 Å². The van der Waals surface area contributed by atoms with E-state index in [-0.39, 0.29) is 11.4 Å². The van der Waals surface area contributed by atoms with Crippen LogP contribution in [0.2, 0.25) is 0 Å². The summed E-state index contributed by atoms with van der Waals surface area (Å²) in [5, 5.41) is 21.0. The standard InChI is InChI=1S/C27H18FN3O4S/c28-18-9-6-17(7-10-18)25-20-11-8-16-3-1-2-4-19(16)24(20)29-27-30(25)26(33)23(36-27)14-15-5-12-22(32)21(13-15)31(34)35/h1-7,9-10,12-14,25,32H,8,11H2. The van der Waals surface area contributed by atoms with Crippen LogP contribution in [0.25, 0.3) is 11.8 Å². The topological polar surface area (TPSA) is 97.7 Å². The summed E-state index contributed by atoms with van der Waals surface area (Å²) in [4.78, 5) is 29.7. The van der Waals surface area contributed by atoms with Crippen LogP contribution in [-0.4, -0.2) is 14.6 Å². The molecule has 6 rings (SSSR count). The second kappa shape index (κ2) is 8.39. The summed E-state index contributed by atoms with van der Waals surface area (Å²) in [5.74, 6) is -0.801. The van der Waals surface area contributed by atoms with E-state index >= 15 is 0 Å². The summed E-state index contributed by atoms with van der Waals surface area (Å²) < 4.78 is 15.7. The molecule has 1 N–H and O–H groups in total. The fourth-order valence-electron chi connectivity index (χ4n) is 4.90. The smallest absolute Gasteiger partial charge is 0.311 e. The Balaban J connectivity index is 1.60. The predicted octanol–water partition coefficient (Wildman–Crippen LogP) is 4.07. The predicted molar refractivity (Wildman–Crippen MR) is 134 cm³/mol. The zero-order valence-corrected chi connectivity index (χ0v) is 19.5. The third-order valence-corrected chi connectivity index (χ3v) is 7.54. The molecule has 0 bridgehead atoms. The van der Waals surface area contributed by atoms with Gasteiger partial charge in [0, 0.05) is 11.6 Å². The van der Waals surface area contributed by atoms with Crippen LogP contribution in [0.3, 0.4) is 0 Å². The molecule has 1 unspecified atom stereocenters. The van der Waals surface area contributed by atoms with Crippen molar-refractivity contribution in [2.45, 2.75) is 18.9 Å². The highest BCUT2D eigenvalue weighted by Crippen LogP contribution is 2.41. The number of hydrogen-bond acceptors (Lipinski definition) is 6. The summed E-state index contributed by atoms with van der Waals surface area (Å²) in [6.45, 7) is 0. The van der Waals surface area contributed by atoms with Gasteiger partial charge >= 0.3 is 5.69 Å². The third-order valence-electron chi connectivity index (χ3n) is 6.55. The first-order valence-corrected chi connectivity index (χ1v) is 12.1. The number of phenolic OH excluding ortho intramolecular Hbond substituents is 1. The molecule has 1 atom stereocenters. The van der Waals surface area contributed by atoms with Gasteiger partial charge < -0.3 is 5.11 Å². The maximum atomic E-state index is 13.8. The molecule has 2 heterocycles. The van der Waals surface area contributed by atoms with Crippen molar-refractivity contribution in [1.29, 1.82) is 0 Å². The highest BCUT2D eigenvalue weighted by Gasteiger charge is 2.32. The Morgan fingerprint density at radius 2 is 1.89 bits per heavy atom. The molecule has 1 aliphatic carbocycles. The molecule has 0 saturated heterocycles. The molecule has 36 heavy (non-hydrogen) atoms. The molecule has 0 saturated carbocycles. The molecular formula is C27H18FN3O4S. The summed E-state index contributed by atoms with van der Waals surface area (Å²) in [7, 11) is 0. The highest BCUT2D eigenvalue weighted by atomic mass is 32.1. The van der Waals surface area contributed by atoms with Gasteiger partial charge in [-0.15, -0.1) is 0 Å². The first-order chi connectivity index (χ1) is 17.4. The van der Waals surface area contributed by atoms with E-state index in [4.69, 9.17) is 4.99 Å². The second-order valence-corrected chi connectivity index (χ2v) is 9.68. The van der Waals surface area contributed by atoms with Gasteiger partial charge in [-0.05, 0) is 59.4 Å². The number of allylic oxidation sites excluding steroid dienone is 1. The first kappa shape index (κ1) is 22.1. The Morgan fingerprint density at radius 1 is 1.11 bits per heavy atom. The third kappa shape index (κ3) is 3.56. The fourth-order valence-corrected chi connectivity index (χ4v) is 5.90. The number of aryl methyl sites for hydroxylation is 1. The molecule has 2 aliphatic rings. The van der Waals surface area contributed by atoms with Crippen molar-refractivity contribution in [2.24, 2.45) is 4.99 Å². The van der Waals surface area contributed by atoms with Crippen LogP contribution in [0.4, 0.5) is 10.1 Å². The number of benzene rings is 3. The van der Waals surface area contributed by atoms with Crippen molar-refractivity contribution < 1.29 is 14.4 Å². The number of phenols is 1. The number of halogens is 1. The number of nitro groups is 1. The molecule has 9 heteroatoms. The first-order valence-electron chi connectivity index (χ1n) is 11.3. The number of fused-ring (bicyclic) bond motifs is 3. The van der Waals surface area contributed by atoms with Crippen LogP contribution in [0.15, 0.2) is 82.1 Å². The Labute approximate surface area is 207 Å². The zero-order valence-electron chi connectivity index (χ0n) is 18.7. The number of nitro benzene ring substituents is 1. The van der Waals surface area contributed by atoms with Gasteiger partial charge in [0.1, 0.15) is 5.82 Å². The molecule has 1 aliphatic heterocycles. The van der Waals surface area contributed by atoms with Gasteiger partial charge in [0.15, 0.2) is 10.6 Å². The zero-order chi connectivity index (χ0) is 25.0. The van der Waals surface area contributed by atoms with Gasteiger partial charge in [0.25, 0.3) is 5.56 Å². The quantitative estimate of drug-likeness (QED) is 0.339. The lowest BCUT2D eigenvalue weighted by molar-refractivity contribution is -0.385. The van der Waals surface area contributed by atoms with Crippen molar-refractivity contribution in [3.63, 3.8) is 0 Å². The van der Waals surface area contributed by atoms with E-state index in [2.05, 4.69) is 6.07 Å². The van der Waals surface area contributed by atoms with Gasteiger partial charge in [0.2, 0.25) is 0 Å². The second-order valence-electron chi connectivity index (χ2n) is 8.67. The molecule has 1 aromatic heterocycles. The van der Waals surface area contributed by atoms with Gasteiger partial charge in [-0.25, -0.2) is 9.38 Å². The Hall–Kier alpha value is -4.37. The lowest BCUT2D eigenvalue weighted by Gasteiger charge is -2.30. The summed E-state index contributed by atoms with van der Waals surface area (Å²) in [6.07, 6.45) is 3.09. The van der Waals surface area contributed by atoms with Crippen LogP contribution in [0.1, 0.15) is 34.7 Å². The lowest BCUT2D eigenvalue weighted by Crippen LogP contribution is -2.38. The minimum atomic E-state index is -0.672. The maximum absolute atomic E-state index is 13.8. The van der Waals surface area contributed by atoms with Crippen LogP contribution < -0.4 is 14.9 Å². The van der Waals surface area contributed by atoms with Gasteiger partial charge in [-0.1, -0.05) is 53.8 Å². The number of thiazole rings is 1.